The first-order valence-electron chi connectivity index (χ1n) is 14.2. The van der Waals surface area contributed by atoms with Crippen LogP contribution in [0.25, 0.3) is 0 Å². The van der Waals surface area contributed by atoms with Crippen LogP contribution in [0.4, 0.5) is 18.9 Å². The molecule has 46 heavy (non-hydrogen) atoms. The lowest BCUT2D eigenvalue weighted by molar-refractivity contribution is -0.149. The Balaban J connectivity index is 1.20. The van der Waals surface area contributed by atoms with Gasteiger partial charge in [0.2, 0.25) is 11.8 Å². The van der Waals surface area contributed by atoms with Gasteiger partial charge in [-0.3, -0.25) is 28.9 Å². The highest BCUT2D eigenvalue weighted by Gasteiger charge is 2.69. The minimum absolute atomic E-state index is 0.0575. The molecule has 2 aromatic carbocycles. The Hall–Kier alpha value is -3.82. The number of carbonyl (C=O) groups excluding carboxylic acids is 3. The van der Waals surface area contributed by atoms with Crippen molar-refractivity contribution >= 4 is 64.1 Å². The van der Waals surface area contributed by atoms with Crippen molar-refractivity contribution < 1.29 is 42.2 Å². The summed E-state index contributed by atoms with van der Waals surface area (Å²) in [5.74, 6) is -5.36. The van der Waals surface area contributed by atoms with Gasteiger partial charge in [0, 0.05) is 32.3 Å². The zero-order chi connectivity index (χ0) is 32.7. The summed E-state index contributed by atoms with van der Waals surface area (Å²) >= 11 is 8.91. The van der Waals surface area contributed by atoms with Crippen LogP contribution in [0, 0.1) is 29.6 Å². The lowest BCUT2D eigenvalue weighted by Crippen LogP contribution is -2.42. The number of benzene rings is 2. The van der Waals surface area contributed by atoms with Gasteiger partial charge in [-0.1, -0.05) is 29.0 Å². The largest absolute Gasteiger partial charge is 0.483 e. The smallest absolute Gasteiger partial charge is 0.416 e. The highest BCUT2D eigenvalue weighted by Crippen LogP contribution is 2.69. The molecule has 0 radical (unpaired) electrons. The van der Waals surface area contributed by atoms with Gasteiger partial charge in [0.25, 0.3) is 5.91 Å². The number of H-pyrrole nitrogens is 1. The standard InChI is InChI=1S/C30H23ClF3N3O7S2/c31-12-4-5-17(44-10-18(38)35-13-3-1-2-11(6-13)30(32,33)34)14(7-12)20-21-15-8-16(24(21)45-26-25(20)46-29(43)36-26)23-22(15)27(41)37(28(23)42)9-19(39)40/h1-7,15-16,20-24H,8-10H2,(H,35,38)(H,36,43)(H,39,40)/t15?,16?,20-,21?,22?,23?,24?/m1/s1. The number of carbonyl (C=O) groups is 4. The molecule has 16 heteroatoms. The maximum absolute atomic E-state index is 13.4. The van der Waals surface area contributed by atoms with Crippen LogP contribution in [0.5, 0.6) is 5.75 Å². The van der Waals surface area contributed by atoms with Gasteiger partial charge in [-0.25, -0.2) is 0 Å². The molecule has 1 saturated heterocycles. The lowest BCUT2D eigenvalue weighted by Gasteiger charge is -2.43. The number of halogens is 4. The predicted octanol–water partition coefficient (Wildman–Crippen LogP) is 4.68. The van der Waals surface area contributed by atoms with E-state index in [1.54, 1.807) is 18.2 Å². The number of hydrogen-bond donors (Lipinski definition) is 3. The number of ether oxygens (including phenoxy) is 1. The van der Waals surface area contributed by atoms with E-state index in [0.29, 0.717) is 26.9 Å². The molecule has 0 spiro atoms. The van der Waals surface area contributed by atoms with Crippen molar-refractivity contribution in [2.45, 2.75) is 28.8 Å². The number of nitrogens with zero attached hydrogens (tertiary/aromatic N) is 1. The Labute approximate surface area is 271 Å². The number of nitrogens with one attached hydrogen (secondary N) is 2. The highest BCUT2D eigenvalue weighted by atomic mass is 35.5. The third-order valence-electron chi connectivity index (χ3n) is 9.25. The van der Waals surface area contributed by atoms with Gasteiger partial charge in [0.1, 0.15) is 12.3 Å². The molecule has 7 atom stereocenters. The summed E-state index contributed by atoms with van der Waals surface area (Å²) < 4.78 is 45.3. The minimum atomic E-state index is -4.59. The molecule has 3 N–H and O–H groups in total. The summed E-state index contributed by atoms with van der Waals surface area (Å²) in [6, 6.07) is 8.99. The average molecular weight is 694 g/mol. The second-order valence-electron chi connectivity index (χ2n) is 11.7. The number of aromatic amines is 1. The zero-order valence-electron chi connectivity index (χ0n) is 23.4. The number of aliphatic carboxylic acids is 1. The van der Waals surface area contributed by atoms with Gasteiger partial charge in [0.05, 0.1) is 22.4 Å². The molecular weight excluding hydrogens is 671 g/mol. The summed E-state index contributed by atoms with van der Waals surface area (Å²) in [4.78, 5) is 67.7. The van der Waals surface area contributed by atoms with Crippen LogP contribution in [-0.2, 0) is 25.4 Å². The number of alkyl halides is 3. The number of imide groups is 1. The fourth-order valence-corrected chi connectivity index (χ4v) is 10.8. The fraction of sp³-hybridized carbons (Fsp3) is 0.367. The number of thiazole rings is 1. The van der Waals surface area contributed by atoms with Crippen molar-refractivity contribution in [3.8, 4) is 5.75 Å². The Morgan fingerprint density at radius 2 is 1.83 bits per heavy atom. The van der Waals surface area contributed by atoms with E-state index in [2.05, 4.69) is 10.3 Å². The van der Waals surface area contributed by atoms with E-state index >= 15 is 0 Å². The number of thioether (sulfide) groups is 1. The van der Waals surface area contributed by atoms with Gasteiger partial charge in [-0.15, -0.1) is 11.8 Å². The third kappa shape index (κ3) is 5.08. The van der Waals surface area contributed by atoms with Crippen LogP contribution >= 0.6 is 34.7 Å². The monoisotopic (exact) mass is 693 g/mol. The van der Waals surface area contributed by atoms with Crippen molar-refractivity contribution in [1.29, 1.82) is 0 Å². The number of amides is 3. The molecule has 3 amide bonds. The van der Waals surface area contributed by atoms with E-state index < -0.39 is 66.3 Å². The van der Waals surface area contributed by atoms with E-state index in [4.69, 9.17) is 16.3 Å². The number of hydrogen-bond acceptors (Lipinski definition) is 8. The first-order chi connectivity index (χ1) is 21.8. The fourth-order valence-electron chi connectivity index (χ4n) is 7.73. The van der Waals surface area contributed by atoms with Crippen LogP contribution in [0.2, 0.25) is 5.02 Å². The second-order valence-corrected chi connectivity index (χ2v) is 14.4. The first kappa shape index (κ1) is 30.8. The number of carboxylic acids is 1. The molecule has 4 aliphatic rings. The van der Waals surface area contributed by atoms with Crippen molar-refractivity contribution in [2.24, 2.45) is 29.6 Å². The molecule has 2 bridgehead atoms. The van der Waals surface area contributed by atoms with Gasteiger partial charge in [-0.05, 0) is 60.6 Å². The number of likely N-dealkylation sites (tertiary alicyclic amines) is 1. The predicted molar refractivity (Wildman–Crippen MR) is 160 cm³/mol. The Morgan fingerprint density at radius 3 is 2.54 bits per heavy atom. The normalized spacial score (nSPS) is 27.7. The quantitative estimate of drug-likeness (QED) is 0.303. The van der Waals surface area contributed by atoms with Crippen molar-refractivity contribution in [2.75, 3.05) is 18.5 Å². The molecule has 240 valence electrons. The Bertz CT molecular complexity index is 1860. The number of carboxylic acid groups (broad SMARTS) is 1. The van der Waals surface area contributed by atoms with Gasteiger partial charge in [-0.2, -0.15) is 13.2 Å². The minimum Gasteiger partial charge on any atom is -0.483 e. The van der Waals surface area contributed by atoms with Crippen LogP contribution in [0.1, 0.15) is 28.3 Å². The lowest BCUT2D eigenvalue weighted by atomic mass is 9.68. The number of rotatable bonds is 7. The zero-order valence-corrected chi connectivity index (χ0v) is 25.8. The topological polar surface area (TPSA) is 146 Å². The third-order valence-corrected chi connectivity index (χ3v) is 12.1. The molecule has 2 saturated carbocycles. The maximum Gasteiger partial charge on any atom is 0.416 e. The molecule has 7 rings (SSSR count). The van der Waals surface area contributed by atoms with Crippen LogP contribution < -0.4 is 14.9 Å². The van der Waals surface area contributed by atoms with Crippen molar-refractivity contribution in [1.82, 2.24) is 9.88 Å². The molecule has 6 unspecified atom stereocenters. The summed E-state index contributed by atoms with van der Waals surface area (Å²) in [6.45, 7) is -1.25. The number of anilines is 1. The molecule has 1 aromatic heterocycles. The summed E-state index contributed by atoms with van der Waals surface area (Å²) in [6.07, 6.45) is -4.01. The maximum atomic E-state index is 13.4. The number of fused-ring (bicyclic) bond motifs is 9. The van der Waals surface area contributed by atoms with Crippen molar-refractivity contribution in [3.63, 3.8) is 0 Å². The van der Waals surface area contributed by atoms with Crippen molar-refractivity contribution in [3.05, 3.63) is 73.2 Å². The molecular formula is C30H23ClF3N3O7S2. The molecule has 3 fully saturated rings. The van der Waals surface area contributed by atoms with Crippen LogP contribution in [0.15, 0.2) is 52.3 Å². The summed E-state index contributed by atoms with van der Waals surface area (Å²) in [5, 5.41) is 12.5. The van der Waals surface area contributed by atoms with Gasteiger partial charge in [0.15, 0.2) is 6.61 Å². The molecule has 3 heterocycles. The second kappa shape index (κ2) is 11.2. The van der Waals surface area contributed by atoms with Crippen LogP contribution in [0.3, 0.4) is 0 Å². The highest BCUT2D eigenvalue weighted by molar-refractivity contribution is 8.00. The van der Waals surface area contributed by atoms with E-state index in [1.807, 2.05) is 0 Å². The summed E-state index contributed by atoms with van der Waals surface area (Å²) in [5.41, 5.74) is -0.425. The van der Waals surface area contributed by atoms with Crippen LogP contribution in [-0.4, -0.2) is 57.1 Å². The SMILES string of the molecule is O=C(O)CN1C(=O)C2C3CC(C2C1=O)C1C3Sc2[nH]c(=O)sc2[C@@H]1c1cc(Cl)ccc1OCC(=O)Nc1cccc(C(F)(F)F)c1. The van der Waals surface area contributed by atoms with E-state index in [1.165, 1.54) is 23.9 Å². The van der Waals surface area contributed by atoms with Gasteiger partial charge < -0.3 is 20.1 Å². The molecule has 2 aliphatic carbocycles. The summed E-state index contributed by atoms with van der Waals surface area (Å²) in [7, 11) is 0. The molecule has 3 aromatic rings. The first-order valence-corrected chi connectivity index (χ1v) is 16.2. The van der Waals surface area contributed by atoms with E-state index in [0.717, 1.165) is 28.4 Å². The van der Waals surface area contributed by atoms with Gasteiger partial charge >= 0.3 is 17.0 Å². The van der Waals surface area contributed by atoms with E-state index in [-0.39, 0.29) is 39.3 Å². The molecule has 2 aliphatic heterocycles. The van der Waals surface area contributed by atoms with E-state index in [9.17, 15) is 42.3 Å². The Morgan fingerprint density at radius 1 is 1.09 bits per heavy atom. The number of aromatic nitrogens is 1. The Kier molecular flexibility index (Phi) is 7.48. The average Bonchev–Trinajstić information content (AvgIpc) is 3.72. The molecule has 10 nitrogen and oxygen atoms in total.